The predicted molar refractivity (Wildman–Crippen MR) is 78.8 cm³/mol. The normalized spacial score (nSPS) is 20.7. The fourth-order valence-electron chi connectivity index (χ4n) is 2.38. The van der Waals surface area contributed by atoms with Gasteiger partial charge in [0.1, 0.15) is 0 Å². The van der Waals surface area contributed by atoms with Crippen LogP contribution in [-0.2, 0) is 21.5 Å². The first-order valence-electron chi connectivity index (χ1n) is 7.08. The highest BCUT2D eigenvalue weighted by Gasteiger charge is 2.36. The van der Waals surface area contributed by atoms with Gasteiger partial charge in [0.05, 0.1) is 19.8 Å². The van der Waals surface area contributed by atoms with Gasteiger partial charge in [-0.15, -0.1) is 0 Å². The second-order valence-electron chi connectivity index (χ2n) is 5.21. The van der Waals surface area contributed by atoms with Gasteiger partial charge in [0.2, 0.25) is 0 Å². The van der Waals surface area contributed by atoms with Gasteiger partial charge < -0.3 is 4.74 Å². The Morgan fingerprint density at radius 1 is 1.36 bits per heavy atom. The number of alkyl halides is 2. The molecule has 0 amide bonds. The molecular weight excluding hydrogens is 314 g/mol. The number of nitrogens with zero attached hydrogens (tertiary/aromatic N) is 2. The highest BCUT2D eigenvalue weighted by molar-refractivity contribution is 7.86. The van der Waals surface area contributed by atoms with Crippen LogP contribution in [0.1, 0.15) is 12.5 Å². The lowest BCUT2D eigenvalue weighted by Gasteiger charge is -2.36. The number of ether oxygens (including phenoxy) is 1. The van der Waals surface area contributed by atoms with Gasteiger partial charge in [0, 0.05) is 19.1 Å². The predicted octanol–water partition coefficient (Wildman–Crippen LogP) is 1.72. The zero-order valence-electron chi connectivity index (χ0n) is 12.4. The number of halogens is 2. The summed E-state index contributed by atoms with van der Waals surface area (Å²) in [5, 5.41) is 0. The molecular formula is C14H20F2N2O3S. The molecule has 0 aliphatic carbocycles. The molecule has 1 atom stereocenters. The Labute approximate surface area is 129 Å². The zero-order chi connectivity index (χ0) is 16.2. The first-order chi connectivity index (χ1) is 10.4. The van der Waals surface area contributed by atoms with Crippen molar-refractivity contribution < 1.29 is 21.9 Å². The van der Waals surface area contributed by atoms with Crippen LogP contribution >= 0.6 is 0 Å². The number of hydrogen-bond donors (Lipinski definition) is 0. The minimum absolute atomic E-state index is 0.0718. The summed E-state index contributed by atoms with van der Waals surface area (Å²) in [7, 11) is -3.96. The Hall–Kier alpha value is -1.09. The van der Waals surface area contributed by atoms with E-state index < -0.39 is 23.2 Å². The minimum atomic E-state index is -3.96. The van der Waals surface area contributed by atoms with E-state index in [1.165, 1.54) is 4.31 Å². The molecule has 1 aromatic rings. The Bertz CT molecular complexity index is 569. The van der Waals surface area contributed by atoms with Crippen molar-refractivity contribution in [1.29, 1.82) is 0 Å². The summed E-state index contributed by atoms with van der Waals surface area (Å²) in [4.78, 5) is 0. The van der Waals surface area contributed by atoms with Crippen molar-refractivity contribution >= 4 is 10.2 Å². The summed E-state index contributed by atoms with van der Waals surface area (Å²) in [6, 6.07) is 8.36. The Morgan fingerprint density at radius 3 is 2.64 bits per heavy atom. The van der Waals surface area contributed by atoms with Gasteiger partial charge in [-0.25, -0.2) is 8.78 Å². The van der Waals surface area contributed by atoms with Crippen LogP contribution in [0.4, 0.5) is 8.78 Å². The summed E-state index contributed by atoms with van der Waals surface area (Å²) in [5.41, 5.74) is 0.674. The van der Waals surface area contributed by atoms with E-state index in [4.69, 9.17) is 4.74 Å². The topological polar surface area (TPSA) is 49.9 Å². The van der Waals surface area contributed by atoms with Crippen LogP contribution in [0.25, 0.3) is 0 Å². The van der Waals surface area contributed by atoms with Gasteiger partial charge in [0.25, 0.3) is 16.6 Å². The molecule has 1 fully saturated rings. The largest absolute Gasteiger partial charge is 0.378 e. The summed E-state index contributed by atoms with van der Waals surface area (Å²) in [6.45, 7) is 1.54. The van der Waals surface area contributed by atoms with Gasteiger partial charge in [-0.05, 0) is 12.5 Å². The fourth-order valence-corrected chi connectivity index (χ4v) is 4.12. The van der Waals surface area contributed by atoms with Gasteiger partial charge in [-0.3, -0.25) is 0 Å². The van der Waals surface area contributed by atoms with Crippen LogP contribution in [-0.4, -0.2) is 55.8 Å². The van der Waals surface area contributed by atoms with E-state index in [2.05, 4.69) is 0 Å². The van der Waals surface area contributed by atoms with Gasteiger partial charge in [0.15, 0.2) is 0 Å². The first kappa shape index (κ1) is 17.3. The molecule has 0 N–H and O–H groups in total. The summed E-state index contributed by atoms with van der Waals surface area (Å²) in [6.07, 6.45) is -2.73. The molecule has 0 aromatic heterocycles. The average Bonchev–Trinajstić information content (AvgIpc) is 2.47. The molecule has 1 saturated heterocycles. The summed E-state index contributed by atoms with van der Waals surface area (Å²) < 4.78 is 58.4. The molecule has 22 heavy (non-hydrogen) atoms. The molecule has 2 rings (SSSR count). The van der Waals surface area contributed by atoms with Crippen molar-refractivity contribution in [2.24, 2.45) is 0 Å². The number of rotatable bonds is 6. The molecule has 0 saturated carbocycles. The zero-order valence-corrected chi connectivity index (χ0v) is 13.2. The molecule has 1 heterocycles. The third kappa shape index (κ3) is 4.22. The van der Waals surface area contributed by atoms with Crippen LogP contribution in [0.2, 0.25) is 0 Å². The van der Waals surface area contributed by atoms with E-state index in [0.29, 0.717) is 5.56 Å². The SMILES string of the molecule is C[C@H]1COCCN1S(=O)(=O)N(Cc1ccccc1)CC(F)F. The lowest BCUT2D eigenvalue weighted by Crippen LogP contribution is -2.53. The smallest absolute Gasteiger partial charge is 0.282 e. The third-order valence-corrected chi connectivity index (χ3v) is 5.54. The van der Waals surface area contributed by atoms with Gasteiger partial charge in [-0.2, -0.15) is 17.0 Å². The van der Waals surface area contributed by atoms with Crippen LogP contribution < -0.4 is 0 Å². The Kier molecular flexibility index (Phi) is 5.85. The highest BCUT2D eigenvalue weighted by atomic mass is 32.2. The maximum atomic E-state index is 12.8. The van der Waals surface area contributed by atoms with Gasteiger partial charge in [-0.1, -0.05) is 30.3 Å². The van der Waals surface area contributed by atoms with Crippen LogP contribution in [0, 0.1) is 0 Å². The van der Waals surface area contributed by atoms with Crippen molar-refractivity contribution in [1.82, 2.24) is 8.61 Å². The van der Waals surface area contributed by atoms with Crippen molar-refractivity contribution in [3.05, 3.63) is 35.9 Å². The second-order valence-corrected chi connectivity index (χ2v) is 7.09. The monoisotopic (exact) mass is 334 g/mol. The molecule has 0 radical (unpaired) electrons. The average molecular weight is 334 g/mol. The van der Waals surface area contributed by atoms with E-state index in [1.807, 2.05) is 0 Å². The van der Waals surface area contributed by atoms with E-state index in [9.17, 15) is 17.2 Å². The lowest BCUT2D eigenvalue weighted by molar-refractivity contribution is 0.0342. The fraction of sp³-hybridized carbons (Fsp3) is 0.571. The molecule has 0 unspecified atom stereocenters. The Balaban J connectivity index is 2.23. The van der Waals surface area contributed by atoms with E-state index >= 15 is 0 Å². The molecule has 5 nitrogen and oxygen atoms in total. The second kappa shape index (κ2) is 7.45. The van der Waals surface area contributed by atoms with E-state index in [1.54, 1.807) is 37.3 Å². The number of benzene rings is 1. The molecule has 0 spiro atoms. The molecule has 1 aromatic carbocycles. The molecule has 8 heteroatoms. The van der Waals surface area contributed by atoms with Crippen molar-refractivity contribution in [2.45, 2.75) is 25.9 Å². The standard InChI is InChI=1S/C14H20F2N2O3S/c1-12-11-21-8-7-18(12)22(19,20)17(10-14(15)16)9-13-5-3-2-4-6-13/h2-6,12,14H,7-11H2,1H3/t12-/m0/s1. The molecule has 0 bridgehead atoms. The lowest BCUT2D eigenvalue weighted by atomic mass is 10.2. The maximum absolute atomic E-state index is 12.8. The Morgan fingerprint density at radius 2 is 2.05 bits per heavy atom. The quantitative estimate of drug-likeness (QED) is 0.796. The number of morpholine rings is 1. The third-order valence-electron chi connectivity index (χ3n) is 3.47. The van der Waals surface area contributed by atoms with Gasteiger partial charge >= 0.3 is 0 Å². The van der Waals surface area contributed by atoms with E-state index in [0.717, 1.165) is 4.31 Å². The minimum Gasteiger partial charge on any atom is -0.378 e. The molecule has 1 aliphatic rings. The van der Waals surface area contributed by atoms with Crippen molar-refractivity contribution in [3.63, 3.8) is 0 Å². The van der Waals surface area contributed by atoms with Crippen LogP contribution in [0.5, 0.6) is 0 Å². The van der Waals surface area contributed by atoms with Crippen LogP contribution in [0.3, 0.4) is 0 Å². The molecule has 1 aliphatic heterocycles. The van der Waals surface area contributed by atoms with Crippen molar-refractivity contribution in [3.8, 4) is 0 Å². The van der Waals surface area contributed by atoms with E-state index in [-0.39, 0.29) is 32.3 Å². The highest BCUT2D eigenvalue weighted by Crippen LogP contribution is 2.19. The maximum Gasteiger partial charge on any atom is 0.282 e. The summed E-state index contributed by atoms with van der Waals surface area (Å²) in [5.74, 6) is 0. The number of hydrogen-bond acceptors (Lipinski definition) is 3. The summed E-state index contributed by atoms with van der Waals surface area (Å²) >= 11 is 0. The first-order valence-corrected chi connectivity index (χ1v) is 8.47. The molecule has 124 valence electrons. The van der Waals surface area contributed by atoms with Crippen molar-refractivity contribution in [2.75, 3.05) is 26.3 Å². The van der Waals surface area contributed by atoms with Crippen LogP contribution in [0.15, 0.2) is 30.3 Å².